The van der Waals surface area contributed by atoms with Crippen LogP contribution >= 0.6 is 0 Å². The van der Waals surface area contributed by atoms with Crippen LogP contribution in [0.4, 0.5) is 0 Å². The number of nitrogens with zero attached hydrogens (tertiary/aromatic N) is 1. The fourth-order valence-electron chi connectivity index (χ4n) is 2.52. The van der Waals surface area contributed by atoms with Crippen LogP contribution in [0, 0.1) is 6.92 Å². The number of oxazole rings is 1. The molecule has 1 amide bonds. The minimum atomic E-state index is -0.809. The predicted molar refractivity (Wildman–Crippen MR) is 89.9 cm³/mol. The first kappa shape index (κ1) is 16.0. The minimum Gasteiger partial charge on any atom is -0.407 e. The van der Waals surface area contributed by atoms with Crippen LogP contribution in [-0.2, 0) is 7.05 Å². The van der Waals surface area contributed by atoms with E-state index in [1.54, 1.807) is 25.2 Å². The Kier molecular flexibility index (Phi) is 4.22. The summed E-state index contributed by atoms with van der Waals surface area (Å²) in [5.74, 6) is -0.925. The molecule has 0 aliphatic heterocycles. The number of rotatable bonds is 4. The van der Waals surface area contributed by atoms with Crippen LogP contribution in [0.5, 0.6) is 0 Å². The van der Waals surface area contributed by atoms with E-state index in [2.05, 4.69) is 5.32 Å². The van der Waals surface area contributed by atoms with Gasteiger partial charge in [0.1, 0.15) is 0 Å². The molecule has 1 atom stereocenters. The van der Waals surface area contributed by atoms with E-state index in [1.165, 1.54) is 4.57 Å². The van der Waals surface area contributed by atoms with Crippen molar-refractivity contribution in [3.63, 3.8) is 0 Å². The van der Waals surface area contributed by atoms with Crippen molar-refractivity contribution in [2.24, 2.45) is 7.05 Å². The molecule has 2 aromatic carbocycles. The summed E-state index contributed by atoms with van der Waals surface area (Å²) in [4.78, 5) is 24.0. The number of benzene rings is 2. The highest BCUT2D eigenvalue weighted by molar-refractivity contribution is 6.04. The molecular weight excluding hydrogens is 308 g/mol. The number of carbonyl (C=O) groups is 1. The zero-order valence-electron chi connectivity index (χ0n) is 13.4. The summed E-state index contributed by atoms with van der Waals surface area (Å²) >= 11 is 0. The van der Waals surface area contributed by atoms with E-state index in [0.29, 0.717) is 5.52 Å². The molecule has 1 aromatic heterocycles. The first-order valence-electron chi connectivity index (χ1n) is 7.58. The molecule has 0 saturated carbocycles. The van der Waals surface area contributed by atoms with Gasteiger partial charge in [-0.2, -0.15) is 0 Å². The number of carbonyl (C=O) groups excluding carboxylic acids is 1. The molecule has 124 valence electrons. The fraction of sp³-hybridized carbons (Fsp3) is 0.222. The fourth-order valence-corrected chi connectivity index (χ4v) is 2.52. The number of nitrogens with one attached hydrogen (secondary N) is 1. The van der Waals surface area contributed by atoms with Gasteiger partial charge in [-0.05, 0) is 24.6 Å². The van der Waals surface area contributed by atoms with Crippen molar-refractivity contribution in [3.8, 4) is 0 Å². The number of hydrogen-bond acceptors (Lipinski definition) is 4. The second kappa shape index (κ2) is 6.33. The van der Waals surface area contributed by atoms with Crippen LogP contribution in [0.25, 0.3) is 11.1 Å². The van der Waals surface area contributed by atoms with Crippen LogP contribution in [0.15, 0.2) is 51.7 Å². The van der Waals surface area contributed by atoms with Gasteiger partial charge in [-0.15, -0.1) is 0 Å². The van der Waals surface area contributed by atoms with Gasteiger partial charge in [0.15, 0.2) is 5.58 Å². The van der Waals surface area contributed by atoms with Crippen molar-refractivity contribution in [1.29, 1.82) is 0 Å². The predicted octanol–water partition coefficient (Wildman–Crippen LogP) is 1.90. The van der Waals surface area contributed by atoms with Crippen molar-refractivity contribution in [3.05, 3.63) is 69.7 Å². The Balaban J connectivity index is 1.77. The van der Waals surface area contributed by atoms with Gasteiger partial charge in [0, 0.05) is 13.6 Å². The topological polar surface area (TPSA) is 84.5 Å². The Morgan fingerprint density at radius 2 is 1.96 bits per heavy atom. The number of para-hydroxylation sites is 1. The highest BCUT2D eigenvalue weighted by Gasteiger charge is 2.17. The molecule has 0 radical (unpaired) electrons. The van der Waals surface area contributed by atoms with Crippen molar-refractivity contribution in [2.45, 2.75) is 13.0 Å². The van der Waals surface area contributed by atoms with Crippen LogP contribution in [0.1, 0.15) is 27.6 Å². The monoisotopic (exact) mass is 326 g/mol. The van der Waals surface area contributed by atoms with E-state index < -0.39 is 17.8 Å². The highest BCUT2D eigenvalue weighted by Crippen LogP contribution is 2.18. The lowest BCUT2D eigenvalue weighted by atomic mass is 10.1. The van der Waals surface area contributed by atoms with Crippen molar-refractivity contribution >= 4 is 17.0 Å². The van der Waals surface area contributed by atoms with E-state index in [4.69, 9.17) is 4.42 Å². The Hall–Kier alpha value is -2.86. The third-order valence-electron chi connectivity index (χ3n) is 3.98. The standard InChI is InChI=1S/C18H18N2O4/c1-11-6-8-12(9-7-11)15(21)10-19-17(22)13-4-3-5-14-16(13)24-18(23)20(14)2/h3-9,15,21H,10H2,1-2H3,(H,19,22). The molecule has 3 rings (SSSR count). The second-order valence-electron chi connectivity index (χ2n) is 5.72. The highest BCUT2D eigenvalue weighted by atomic mass is 16.4. The molecule has 3 aromatic rings. The van der Waals surface area contributed by atoms with Crippen LogP contribution in [0.2, 0.25) is 0 Å². The lowest BCUT2D eigenvalue weighted by Crippen LogP contribution is -2.28. The molecule has 0 fully saturated rings. The molecule has 0 saturated heterocycles. The van der Waals surface area contributed by atoms with Gasteiger partial charge >= 0.3 is 5.76 Å². The summed E-state index contributed by atoms with van der Waals surface area (Å²) in [5.41, 5.74) is 2.88. The Bertz CT molecular complexity index is 938. The SMILES string of the molecule is Cc1ccc(C(O)CNC(=O)c2cccc3c2oc(=O)n3C)cc1. The zero-order valence-corrected chi connectivity index (χ0v) is 13.4. The average molecular weight is 326 g/mol. The number of aliphatic hydroxyl groups excluding tert-OH is 1. The molecule has 6 heteroatoms. The number of aliphatic hydroxyl groups is 1. The summed E-state index contributed by atoms with van der Waals surface area (Å²) in [6, 6.07) is 12.4. The summed E-state index contributed by atoms with van der Waals surface area (Å²) in [5, 5.41) is 12.8. The summed E-state index contributed by atoms with van der Waals surface area (Å²) in [6.45, 7) is 2.03. The molecule has 0 aliphatic rings. The van der Waals surface area contributed by atoms with E-state index in [1.807, 2.05) is 31.2 Å². The maximum Gasteiger partial charge on any atom is 0.419 e. The summed E-state index contributed by atoms with van der Waals surface area (Å²) in [6.07, 6.45) is -0.809. The zero-order chi connectivity index (χ0) is 17.3. The van der Waals surface area contributed by atoms with E-state index >= 15 is 0 Å². The van der Waals surface area contributed by atoms with Gasteiger partial charge in [0.25, 0.3) is 5.91 Å². The van der Waals surface area contributed by atoms with E-state index in [9.17, 15) is 14.7 Å². The molecule has 1 heterocycles. The minimum absolute atomic E-state index is 0.0648. The van der Waals surface area contributed by atoms with Crippen LogP contribution in [0.3, 0.4) is 0 Å². The molecular formula is C18H18N2O4. The van der Waals surface area contributed by atoms with Crippen LogP contribution in [-0.4, -0.2) is 22.1 Å². The third-order valence-corrected chi connectivity index (χ3v) is 3.98. The number of aromatic nitrogens is 1. The van der Waals surface area contributed by atoms with Gasteiger partial charge in [0.05, 0.1) is 17.2 Å². The number of fused-ring (bicyclic) bond motifs is 1. The molecule has 0 aliphatic carbocycles. The van der Waals surface area contributed by atoms with E-state index in [-0.39, 0.29) is 17.7 Å². The number of aryl methyl sites for hydroxylation is 2. The quantitative estimate of drug-likeness (QED) is 0.767. The normalized spacial score (nSPS) is 12.3. The van der Waals surface area contributed by atoms with E-state index in [0.717, 1.165) is 11.1 Å². The largest absolute Gasteiger partial charge is 0.419 e. The maximum atomic E-state index is 12.4. The lowest BCUT2D eigenvalue weighted by Gasteiger charge is -2.12. The maximum absolute atomic E-state index is 12.4. The number of hydrogen-bond donors (Lipinski definition) is 2. The number of amides is 1. The Labute approximate surface area is 138 Å². The van der Waals surface area contributed by atoms with Crippen molar-refractivity contribution in [2.75, 3.05) is 6.54 Å². The van der Waals surface area contributed by atoms with Crippen LogP contribution < -0.4 is 11.1 Å². The first-order valence-corrected chi connectivity index (χ1v) is 7.58. The first-order chi connectivity index (χ1) is 11.5. The Morgan fingerprint density at radius 3 is 2.67 bits per heavy atom. The molecule has 0 bridgehead atoms. The second-order valence-corrected chi connectivity index (χ2v) is 5.72. The van der Waals surface area contributed by atoms with Gasteiger partial charge in [0.2, 0.25) is 0 Å². The van der Waals surface area contributed by atoms with Crippen molar-refractivity contribution in [1.82, 2.24) is 9.88 Å². The third kappa shape index (κ3) is 2.96. The van der Waals surface area contributed by atoms with Gasteiger partial charge in [-0.1, -0.05) is 35.9 Å². The molecule has 0 spiro atoms. The molecule has 2 N–H and O–H groups in total. The van der Waals surface area contributed by atoms with Gasteiger partial charge in [-0.3, -0.25) is 9.36 Å². The Morgan fingerprint density at radius 1 is 1.25 bits per heavy atom. The molecule has 6 nitrogen and oxygen atoms in total. The average Bonchev–Trinajstić information content (AvgIpc) is 2.87. The van der Waals surface area contributed by atoms with Gasteiger partial charge < -0.3 is 14.8 Å². The van der Waals surface area contributed by atoms with Crippen molar-refractivity contribution < 1.29 is 14.3 Å². The molecule has 24 heavy (non-hydrogen) atoms. The lowest BCUT2D eigenvalue weighted by molar-refractivity contribution is 0.0917. The van der Waals surface area contributed by atoms with Gasteiger partial charge in [-0.25, -0.2) is 4.79 Å². The summed E-state index contributed by atoms with van der Waals surface area (Å²) in [7, 11) is 1.58. The molecule has 1 unspecified atom stereocenters. The summed E-state index contributed by atoms with van der Waals surface area (Å²) < 4.78 is 6.48. The smallest absolute Gasteiger partial charge is 0.407 e.